The molecule has 1 aliphatic heterocycles. The number of hydrogen-bond donors (Lipinski definition) is 1. The topological polar surface area (TPSA) is 33.6 Å². The SMILES string of the molecule is CSC1=NC=C(Cc2ccc(OC(C)C)cc2)C(Cc2ccc(Cl)cc2)N1. The summed E-state index contributed by atoms with van der Waals surface area (Å²) in [6, 6.07) is 16.6. The van der Waals surface area contributed by atoms with Crippen LogP contribution in [0, 0.1) is 0 Å². The van der Waals surface area contributed by atoms with Crippen molar-refractivity contribution < 1.29 is 4.74 Å². The van der Waals surface area contributed by atoms with Crippen molar-refractivity contribution in [2.45, 2.75) is 38.8 Å². The van der Waals surface area contributed by atoms with Gasteiger partial charge in [-0.05, 0) is 73.9 Å². The maximum atomic E-state index is 6.02. The highest BCUT2D eigenvalue weighted by Gasteiger charge is 2.20. The molecule has 1 heterocycles. The summed E-state index contributed by atoms with van der Waals surface area (Å²) in [5.41, 5.74) is 3.79. The highest BCUT2D eigenvalue weighted by atomic mass is 35.5. The number of hydrogen-bond acceptors (Lipinski definition) is 4. The zero-order valence-electron chi connectivity index (χ0n) is 15.9. The fraction of sp³-hybridized carbons (Fsp3) is 0.318. The second-order valence-corrected chi connectivity index (χ2v) is 8.09. The minimum absolute atomic E-state index is 0.184. The lowest BCUT2D eigenvalue weighted by molar-refractivity contribution is 0.242. The molecule has 0 aliphatic carbocycles. The van der Waals surface area contributed by atoms with Gasteiger partial charge in [0.1, 0.15) is 5.75 Å². The van der Waals surface area contributed by atoms with E-state index >= 15 is 0 Å². The Morgan fingerprint density at radius 1 is 1.07 bits per heavy atom. The lowest BCUT2D eigenvalue weighted by atomic mass is 9.94. The zero-order chi connectivity index (χ0) is 19.2. The Morgan fingerprint density at radius 3 is 2.37 bits per heavy atom. The molecule has 5 heteroatoms. The Morgan fingerprint density at radius 2 is 1.74 bits per heavy atom. The van der Waals surface area contributed by atoms with Crippen LogP contribution in [0.4, 0.5) is 0 Å². The van der Waals surface area contributed by atoms with Crippen LogP contribution in [0.5, 0.6) is 5.75 Å². The molecule has 1 N–H and O–H groups in total. The number of nitrogens with one attached hydrogen (secondary N) is 1. The predicted octanol–water partition coefficient (Wildman–Crippen LogP) is 5.49. The third-order valence-corrected chi connectivity index (χ3v) is 5.20. The van der Waals surface area contributed by atoms with Gasteiger partial charge in [0.05, 0.1) is 12.1 Å². The van der Waals surface area contributed by atoms with Gasteiger partial charge in [-0.15, -0.1) is 0 Å². The largest absolute Gasteiger partial charge is 0.491 e. The first-order chi connectivity index (χ1) is 13.0. The van der Waals surface area contributed by atoms with Crippen LogP contribution in [0.2, 0.25) is 5.02 Å². The van der Waals surface area contributed by atoms with Gasteiger partial charge in [0.25, 0.3) is 0 Å². The second kappa shape index (κ2) is 9.34. The second-order valence-electron chi connectivity index (χ2n) is 6.86. The van der Waals surface area contributed by atoms with Crippen LogP contribution in [0.3, 0.4) is 0 Å². The molecule has 0 bridgehead atoms. The molecule has 1 aliphatic rings. The van der Waals surface area contributed by atoms with Crippen molar-refractivity contribution in [2.24, 2.45) is 4.99 Å². The highest BCUT2D eigenvalue weighted by Crippen LogP contribution is 2.22. The van der Waals surface area contributed by atoms with Gasteiger partial charge < -0.3 is 10.1 Å². The van der Waals surface area contributed by atoms with E-state index < -0.39 is 0 Å². The number of aliphatic imine (C=N–C) groups is 1. The molecular formula is C22H25ClN2OS. The molecule has 3 rings (SSSR count). The first kappa shape index (κ1) is 19.8. The fourth-order valence-corrected chi connectivity index (χ4v) is 3.57. The van der Waals surface area contributed by atoms with E-state index in [0.717, 1.165) is 28.8 Å². The van der Waals surface area contributed by atoms with E-state index in [9.17, 15) is 0 Å². The fourth-order valence-electron chi connectivity index (χ4n) is 3.02. The van der Waals surface area contributed by atoms with Crippen LogP contribution in [-0.2, 0) is 12.8 Å². The van der Waals surface area contributed by atoms with Crippen LogP contribution in [0.1, 0.15) is 25.0 Å². The van der Waals surface area contributed by atoms with Crippen LogP contribution in [0.25, 0.3) is 0 Å². The lowest BCUT2D eigenvalue weighted by Gasteiger charge is -2.26. The van der Waals surface area contributed by atoms with E-state index in [2.05, 4.69) is 34.6 Å². The van der Waals surface area contributed by atoms with Gasteiger partial charge in [-0.1, -0.05) is 47.6 Å². The van der Waals surface area contributed by atoms with Gasteiger partial charge in [-0.2, -0.15) is 0 Å². The minimum atomic E-state index is 0.184. The summed E-state index contributed by atoms with van der Waals surface area (Å²) in [4.78, 5) is 4.55. The molecular weight excluding hydrogens is 376 g/mol. The number of ether oxygens (including phenoxy) is 1. The summed E-state index contributed by atoms with van der Waals surface area (Å²) in [6.45, 7) is 4.07. The number of halogens is 1. The smallest absolute Gasteiger partial charge is 0.161 e. The highest BCUT2D eigenvalue weighted by molar-refractivity contribution is 8.13. The summed E-state index contributed by atoms with van der Waals surface area (Å²) in [5, 5.41) is 5.28. The number of amidine groups is 1. The molecule has 0 spiro atoms. The van der Waals surface area contributed by atoms with Crippen molar-refractivity contribution in [1.82, 2.24) is 5.32 Å². The van der Waals surface area contributed by atoms with Gasteiger partial charge in [-0.25, -0.2) is 4.99 Å². The van der Waals surface area contributed by atoms with Gasteiger partial charge in [0, 0.05) is 11.2 Å². The first-order valence-corrected chi connectivity index (χ1v) is 10.7. The van der Waals surface area contributed by atoms with E-state index in [1.54, 1.807) is 11.8 Å². The van der Waals surface area contributed by atoms with E-state index in [1.165, 1.54) is 16.7 Å². The molecule has 0 amide bonds. The van der Waals surface area contributed by atoms with Crippen molar-refractivity contribution in [3.05, 3.63) is 76.5 Å². The Bertz CT molecular complexity index is 813. The first-order valence-electron chi connectivity index (χ1n) is 9.11. The normalized spacial score (nSPS) is 16.6. The molecule has 3 nitrogen and oxygen atoms in total. The maximum absolute atomic E-state index is 6.02. The zero-order valence-corrected chi connectivity index (χ0v) is 17.5. The van der Waals surface area contributed by atoms with Crippen molar-refractivity contribution in [2.75, 3.05) is 6.26 Å². The third kappa shape index (κ3) is 5.78. The lowest BCUT2D eigenvalue weighted by Crippen LogP contribution is -2.39. The minimum Gasteiger partial charge on any atom is -0.491 e. The number of thioether (sulfide) groups is 1. The average Bonchev–Trinajstić information content (AvgIpc) is 2.66. The summed E-state index contributed by atoms with van der Waals surface area (Å²) in [5.74, 6) is 0.907. The molecule has 0 saturated carbocycles. The quantitative estimate of drug-likeness (QED) is 0.696. The van der Waals surface area contributed by atoms with Crippen molar-refractivity contribution in [1.29, 1.82) is 0 Å². The average molecular weight is 401 g/mol. The molecule has 0 saturated heterocycles. The van der Waals surface area contributed by atoms with E-state index in [0.29, 0.717) is 0 Å². The Hall–Kier alpha value is -1.91. The monoisotopic (exact) mass is 400 g/mol. The van der Waals surface area contributed by atoms with E-state index in [1.807, 2.05) is 50.6 Å². The van der Waals surface area contributed by atoms with Crippen molar-refractivity contribution in [3.63, 3.8) is 0 Å². The third-order valence-electron chi connectivity index (χ3n) is 4.34. The van der Waals surface area contributed by atoms with E-state index in [4.69, 9.17) is 16.3 Å². The van der Waals surface area contributed by atoms with Crippen LogP contribution in [-0.4, -0.2) is 23.6 Å². The molecule has 0 fully saturated rings. The van der Waals surface area contributed by atoms with Gasteiger partial charge in [0.15, 0.2) is 5.17 Å². The molecule has 2 aromatic carbocycles. The molecule has 27 heavy (non-hydrogen) atoms. The molecule has 142 valence electrons. The Kier molecular flexibility index (Phi) is 6.86. The van der Waals surface area contributed by atoms with Crippen molar-refractivity contribution in [3.8, 4) is 5.75 Å². The summed E-state index contributed by atoms with van der Waals surface area (Å²) in [7, 11) is 0. The number of rotatable bonds is 6. The predicted molar refractivity (Wildman–Crippen MR) is 117 cm³/mol. The Labute approximate surface area is 170 Å². The maximum Gasteiger partial charge on any atom is 0.161 e. The summed E-state index contributed by atoms with van der Waals surface area (Å²) in [6.07, 6.45) is 6.00. The van der Waals surface area contributed by atoms with Crippen LogP contribution < -0.4 is 10.1 Å². The van der Waals surface area contributed by atoms with Gasteiger partial charge >= 0.3 is 0 Å². The van der Waals surface area contributed by atoms with Gasteiger partial charge in [-0.3, -0.25) is 0 Å². The standard InChI is InChI=1S/C22H25ClN2OS/c1-15(2)26-20-10-6-16(7-11-20)12-18-14-24-22(27-3)25-21(18)13-17-4-8-19(23)9-5-17/h4-11,14-15,21H,12-13H2,1-3H3,(H,24,25). The molecule has 1 atom stereocenters. The molecule has 0 radical (unpaired) electrons. The summed E-state index contributed by atoms with van der Waals surface area (Å²) >= 11 is 7.66. The van der Waals surface area contributed by atoms with E-state index in [-0.39, 0.29) is 12.1 Å². The van der Waals surface area contributed by atoms with Gasteiger partial charge in [0.2, 0.25) is 0 Å². The molecule has 2 aromatic rings. The molecule has 1 unspecified atom stereocenters. The Balaban J connectivity index is 1.74. The number of nitrogens with zero attached hydrogens (tertiary/aromatic N) is 1. The summed E-state index contributed by atoms with van der Waals surface area (Å²) < 4.78 is 5.74. The molecule has 0 aromatic heterocycles. The van der Waals surface area contributed by atoms with Crippen LogP contribution >= 0.6 is 23.4 Å². The number of benzene rings is 2. The van der Waals surface area contributed by atoms with Crippen molar-refractivity contribution >= 4 is 28.5 Å². The van der Waals surface area contributed by atoms with Crippen LogP contribution in [0.15, 0.2) is 65.3 Å².